The van der Waals surface area contributed by atoms with Gasteiger partial charge in [-0.25, -0.2) is 4.52 Å². The van der Waals surface area contributed by atoms with Gasteiger partial charge >= 0.3 is 0 Å². The van der Waals surface area contributed by atoms with E-state index in [1.54, 1.807) is 4.52 Å². The van der Waals surface area contributed by atoms with E-state index in [4.69, 9.17) is 0 Å². The number of nitrogens with zero attached hydrogens (tertiary/aromatic N) is 5. The minimum Gasteiger partial charge on any atom is -0.356 e. The fraction of sp³-hybridized carbons (Fsp3) is 0.385. The summed E-state index contributed by atoms with van der Waals surface area (Å²) in [6.45, 7) is 1.76. The first kappa shape index (κ1) is 12.4. The molecule has 0 unspecified atom stereocenters. The highest BCUT2D eigenvalue weighted by molar-refractivity contribution is 5.71. The predicted octanol–water partition coefficient (Wildman–Crippen LogP) is 1.20. The standard InChI is InChI=1S/C13H17N5/c1-16(2)8-9-17(3)13-11(10-14)12-6-4-5-7-18(12)15-13/h4-7H,8-9H2,1-3H3. The zero-order valence-electron chi connectivity index (χ0n) is 11.0. The summed E-state index contributed by atoms with van der Waals surface area (Å²) in [4.78, 5) is 4.13. The number of fused-ring (bicyclic) bond motifs is 1. The molecule has 0 aliphatic rings. The fourth-order valence-electron chi connectivity index (χ4n) is 1.82. The number of rotatable bonds is 4. The largest absolute Gasteiger partial charge is 0.356 e. The zero-order chi connectivity index (χ0) is 13.1. The van der Waals surface area contributed by atoms with E-state index in [-0.39, 0.29) is 0 Å². The highest BCUT2D eigenvalue weighted by Crippen LogP contribution is 2.21. The van der Waals surface area contributed by atoms with Crippen molar-refractivity contribution in [3.8, 4) is 6.07 Å². The Balaban J connectivity index is 2.35. The Kier molecular flexibility index (Phi) is 3.49. The van der Waals surface area contributed by atoms with Gasteiger partial charge in [0.25, 0.3) is 0 Å². The van der Waals surface area contributed by atoms with Gasteiger partial charge in [-0.2, -0.15) is 5.26 Å². The molecule has 5 heteroatoms. The van der Waals surface area contributed by atoms with Crippen molar-refractivity contribution >= 4 is 11.3 Å². The maximum Gasteiger partial charge on any atom is 0.169 e. The maximum atomic E-state index is 9.29. The van der Waals surface area contributed by atoms with Crippen LogP contribution in [0.15, 0.2) is 24.4 Å². The van der Waals surface area contributed by atoms with Crippen molar-refractivity contribution in [2.45, 2.75) is 0 Å². The van der Waals surface area contributed by atoms with Crippen LogP contribution < -0.4 is 4.90 Å². The van der Waals surface area contributed by atoms with Gasteiger partial charge in [0.1, 0.15) is 11.6 Å². The topological polar surface area (TPSA) is 47.6 Å². The molecule has 2 rings (SSSR count). The number of anilines is 1. The van der Waals surface area contributed by atoms with Crippen molar-refractivity contribution in [1.29, 1.82) is 5.26 Å². The first-order valence-corrected chi connectivity index (χ1v) is 5.87. The molecule has 0 amide bonds. The van der Waals surface area contributed by atoms with Gasteiger partial charge in [-0.3, -0.25) is 0 Å². The second-order valence-corrected chi connectivity index (χ2v) is 4.57. The molecule has 0 saturated carbocycles. The summed E-state index contributed by atoms with van der Waals surface area (Å²) in [5.74, 6) is 0.741. The molecule has 0 aromatic carbocycles. The smallest absolute Gasteiger partial charge is 0.169 e. The first-order valence-electron chi connectivity index (χ1n) is 5.87. The fourth-order valence-corrected chi connectivity index (χ4v) is 1.82. The Morgan fingerprint density at radius 1 is 1.28 bits per heavy atom. The van der Waals surface area contributed by atoms with E-state index < -0.39 is 0 Å². The summed E-state index contributed by atoms with van der Waals surface area (Å²) in [6.07, 6.45) is 1.86. The lowest BCUT2D eigenvalue weighted by molar-refractivity contribution is 0.416. The van der Waals surface area contributed by atoms with Gasteiger partial charge in [0.2, 0.25) is 0 Å². The van der Waals surface area contributed by atoms with E-state index in [1.807, 2.05) is 50.4 Å². The van der Waals surface area contributed by atoms with Crippen molar-refractivity contribution < 1.29 is 0 Å². The average Bonchev–Trinajstić information content (AvgIpc) is 2.74. The molecule has 94 valence electrons. The number of likely N-dealkylation sites (N-methyl/N-ethyl adjacent to an activating group) is 2. The van der Waals surface area contributed by atoms with Crippen LogP contribution in [0.2, 0.25) is 0 Å². The van der Waals surface area contributed by atoms with Crippen LogP contribution >= 0.6 is 0 Å². The van der Waals surface area contributed by atoms with E-state index in [9.17, 15) is 5.26 Å². The molecule has 0 atom stereocenters. The number of hydrogen-bond donors (Lipinski definition) is 0. The quantitative estimate of drug-likeness (QED) is 0.809. The van der Waals surface area contributed by atoms with E-state index >= 15 is 0 Å². The number of pyridine rings is 1. The zero-order valence-corrected chi connectivity index (χ0v) is 11.0. The third-order valence-electron chi connectivity index (χ3n) is 2.88. The molecule has 5 nitrogen and oxygen atoms in total. The summed E-state index contributed by atoms with van der Waals surface area (Å²) in [6, 6.07) is 7.99. The third-order valence-corrected chi connectivity index (χ3v) is 2.88. The third kappa shape index (κ3) is 2.29. The van der Waals surface area contributed by atoms with Gasteiger partial charge in [0.15, 0.2) is 5.82 Å². The summed E-state index contributed by atoms with van der Waals surface area (Å²) < 4.78 is 1.75. The Labute approximate surface area is 107 Å². The second kappa shape index (κ2) is 5.07. The van der Waals surface area contributed by atoms with Crippen molar-refractivity contribution in [3.63, 3.8) is 0 Å². The van der Waals surface area contributed by atoms with Crippen LogP contribution in [0.3, 0.4) is 0 Å². The molecule has 0 N–H and O–H groups in total. The summed E-state index contributed by atoms with van der Waals surface area (Å²) in [5, 5.41) is 13.8. The van der Waals surface area contributed by atoms with Crippen LogP contribution in [-0.4, -0.2) is 48.7 Å². The molecule has 0 aliphatic heterocycles. The highest BCUT2D eigenvalue weighted by atomic mass is 15.3. The molecule has 2 aromatic heterocycles. The Morgan fingerprint density at radius 2 is 2.06 bits per heavy atom. The van der Waals surface area contributed by atoms with Crippen LogP contribution in [0.25, 0.3) is 5.52 Å². The SMILES string of the molecule is CN(C)CCN(C)c1nn2ccccc2c1C#N. The van der Waals surface area contributed by atoms with Crippen LogP contribution in [-0.2, 0) is 0 Å². The summed E-state index contributed by atoms with van der Waals surface area (Å²) in [5.41, 5.74) is 1.49. The molecule has 0 saturated heterocycles. The van der Waals surface area contributed by atoms with Crippen molar-refractivity contribution in [1.82, 2.24) is 14.5 Å². The van der Waals surface area contributed by atoms with Crippen molar-refractivity contribution in [2.75, 3.05) is 39.1 Å². The van der Waals surface area contributed by atoms with Gasteiger partial charge < -0.3 is 9.80 Å². The van der Waals surface area contributed by atoms with Crippen LogP contribution in [0, 0.1) is 11.3 Å². The van der Waals surface area contributed by atoms with Crippen LogP contribution in [0.1, 0.15) is 5.56 Å². The van der Waals surface area contributed by atoms with Gasteiger partial charge in [0, 0.05) is 26.3 Å². The lowest BCUT2D eigenvalue weighted by Crippen LogP contribution is -2.29. The minimum absolute atomic E-state index is 0.636. The minimum atomic E-state index is 0.636. The van der Waals surface area contributed by atoms with E-state index in [2.05, 4.69) is 16.1 Å². The lowest BCUT2D eigenvalue weighted by atomic mass is 10.2. The van der Waals surface area contributed by atoms with Crippen molar-refractivity contribution in [2.24, 2.45) is 0 Å². The predicted molar refractivity (Wildman–Crippen MR) is 71.7 cm³/mol. The van der Waals surface area contributed by atoms with Crippen LogP contribution in [0.4, 0.5) is 5.82 Å². The van der Waals surface area contributed by atoms with Gasteiger partial charge in [-0.1, -0.05) is 6.07 Å². The normalized spacial score (nSPS) is 10.8. The van der Waals surface area contributed by atoms with Gasteiger partial charge in [-0.05, 0) is 26.2 Å². The number of aromatic nitrogens is 2. The second-order valence-electron chi connectivity index (χ2n) is 4.57. The molecule has 2 heterocycles. The van der Waals surface area contributed by atoms with Gasteiger partial charge in [0.05, 0.1) is 5.52 Å². The molecule has 0 fully saturated rings. The van der Waals surface area contributed by atoms with Crippen molar-refractivity contribution in [3.05, 3.63) is 30.0 Å². The first-order chi connectivity index (χ1) is 8.63. The summed E-state index contributed by atoms with van der Waals surface area (Å²) in [7, 11) is 6.03. The van der Waals surface area contributed by atoms with E-state index in [0.29, 0.717) is 5.56 Å². The molecule has 0 bridgehead atoms. The Hall–Kier alpha value is -2.06. The molecule has 0 radical (unpaired) electrons. The number of hydrogen-bond acceptors (Lipinski definition) is 4. The van der Waals surface area contributed by atoms with Gasteiger partial charge in [-0.15, -0.1) is 5.10 Å². The average molecular weight is 243 g/mol. The molecular formula is C13H17N5. The monoisotopic (exact) mass is 243 g/mol. The maximum absolute atomic E-state index is 9.29. The molecule has 18 heavy (non-hydrogen) atoms. The molecule has 0 aliphatic carbocycles. The molecular weight excluding hydrogens is 226 g/mol. The summed E-state index contributed by atoms with van der Waals surface area (Å²) >= 11 is 0. The lowest BCUT2D eigenvalue weighted by Gasteiger charge is -2.19. The molecule has 0 spiro atoms. The Morgan fingerprint density at radius 3 is 2.72 bits per heavy atom. The highest BCUT2D eigenvalue weighted by Gasteiger charge is 2.15. The van der Waals surface area contributed by atoms with Crippen LogP contribution in [0.5, 0.6) is 0 Å². The Bertz CT molecular complexity index is 579. The van der Waals surface area contributed by atoms with E-state index in [0.717, 1.165) is 24.4 Å². The van der Waals surface area contributed by atoms with E-state index in [1.165, 1.54) is 0 Å². The number of nitriles is 1. The molecule has 2 aromatic rings.